The minimum Gasteiger partial charge on any atom is -0.278 e. The van der Waals surface area contributed by atoms with Crippen LogP contribution in [0.2, 0.25) is 0 Å². The molecule has 0 radical (unpaired) electrons. The molecule has 0 aliphatic heterocycles. The van der Waals surface area contributed by atoms with E-state index in [9.17, 15) is 0 Å². The SMILES string of the molecule is CC(S)N=Cc1cccs1. The molecule has 0 bridgehead atoms. The topological polar surface area (TPSA) is 12.4 Å². The molecule has 1 rings (SSSR count). The fraction of sp³-hybridized carbons (Fsp3) is 0.286. The maximum atomic E-state index is 4.12. The molecule has 0 saturated carbocycles. The molecule has 54 valence electrons. The van der Waals surface area contributed by atoms with Crippen molar-refractivity contribution in [2.75, 3.05) is 0 Å². The molecule has 0 spiro atoms. The number of rotatable bonds is 2. The van der Waals surface area contributed by atoms with Gasteiger partial charge in [-0.2, -0.15) is 12.6 Å². The minimum atomic E-state index is 0.0992. The molecule has 0 N–H and O–H groups in total. The molecule has 0 aliphatic rings. The first-order chi connectivity index (χ1) is 4.79. The quantitative estimate of drug-likeness (QED) is 0.518. The van der Waals surface area contributed by atoms with E-state index >= 15 is 0 Å². The van der Waals surface area contributed by atoms with Crippen molar-refractivity contribution >= 4 is 30.2 Å². The van der Waals surface area contributed by atoms with E-state index < -0.39 is 0 Å². The van der Waals surface area contributed by atoms with Gasteiger partial charge in [0.1, 0.15) is 0 Å². The van der Waals surface area contributed by atoms with Gasteiger partial charge in [0.25, 0.3) is 0 Å². The van der Waals surface area contributed by atoms with Gasteiger partial charge in [0.2, 0.25) is 0 Å². The zero-order valence-corrected chi connectivity index (χ0v) is 7.40. The average Bonchev–Trinajstić information content (AvgIpc) is 2.34. The fourth-order valence-electron chi connectivity index (χ4n) is 0.546. The number of thiol groups is 1. The van der Waals surface area contributed by atoms with Crippen LogP contribution in [-0.2, 0) is 0 Å². The Morgan fingerprint density at radius 2 is 2.60 bits per heavy atom. The zero-order valence-electron chi connectivity index (χ0n) is 5.69. The highest BCUT2D eigenvalue weighted by Crippen LogP contribution is 2.05. The molecule has 1 atom stereocenters. The molecule has 10 heavy (non-hydrogen) atoms. The molecule has 3 heteroatoms. The van der Waals surface area contributed by atoms with Crippen LogP contribution in [0.25, 0.3) is 0 Å². The molecule has 0 saturated heterocycles. The van der Waals surface area contributed by atoms with Gasteiger partial charge >= 0.3 is 0 Å². The largest absolute Gasteiger partial charge is 0.278 e. The number of hydrogen-bond acceptors (Lipinski definition) is 3. The maximum absolute atomic E-state index is 4.12. The van der Waals surface area contributed by atoms with Crippen LogP contribution >= 0.6 is 24.0 Å². The Bertz CT molecular complexity index is 201. The van der Waals surface area contributed by atoms with E-state index in [1.54, 1.807) is 11.3 Å². The summed E-state index contributed by atoms with van der Waals surface area (Å²) < 4.78 is 0. The summed E-state index contributed by atoms with van der Waals surface area (Å²) in [7, 11) is 0. The number of thiophene rings is 1. The van der Waals surface area contributed by atoms with Gasteiger partial charge in [-0.1, -0.05) is 6.07 Å². The summed E-state index contributed by atoms with van der Waals surface area (Å²) in [5, 5.41) is 2.13. The van der Waals surface area contributed by atoms with Gasteiger partial charge in [0, 0.05) is 11.1 Å². The van der Waals surface area contributed by atoms with Crippen molar-refractivity contribution in [2.24, 2.45) is 4.99 Å². The lowest BCUT2D eigenvalue weighted by Crippen LogP contribution is -1.84. The first kappa shape index (κ1) is 7.82. The van der Waals surface area contributed by atoms with Crippen LogP contribution in [0, 0.1) is 0 Å². The summed E-state index contributed by atoms with van der Waals surface area (Å²) in [5.74, 6) is 0. The van der Waals surface area contributed by atoms with Crippen LogP contribution in [0.1, 0.15) is 11.8 Å². The Kier molecular flexibility index (Phi) is 2.96. The smallest absolute Gasteiger partial charge is 0.0895 e. The lowest BCUT2D eigenvalue weighted by Gasteiger charge is -1.90. The Labute approximate surface area is 70.2 Å². The molecule has 1 unspecified atom stereocenters. The van der Waals surface area contributed by atoms with Crippen molar-refractivity contribution in [1.82, 2.24) is 0 Å². The van der Waals surface area contributed by atoms with Gasteiger partial charge in [0.05, 0.1) is 5.37 Å². The van der Waals surface area contributed by atoms with E-state index in [4.69, 9.17) is 0 Å². The van der Waals surface area contributed by atoms with Crippen LogP contribution in [0.15, 0.2) is 22.5 Å². The third-order valence-corrected chi connectivity index (χ3v) is 1.90. The van der Waals surface area contributed by atoms with E-state index in [-0.39, 0.29) is 5.37 Å². The summed E-state index contributed by atoms with van der Waals surface area (Å²) in [6.07, 6.45) is 1.85. The van der Waals surface area contributed by atoms with E-state index in [1.807, 2.05) is 30.7 Å². The molecular weight excluding hydrogens is 162 g/mol. The number of aliphatic imine (C=N–C) groups is 1. The number of nitrogens with zero attached hydrogens (tertiary/aromatic N) is 1. The maximum Gasteiger partial charge on any atom is 0.0895 e. The number of hydrogen-bond donors (Lipinski definition) is 1. The lowest BCUT2D eigenvalue weighted by atomic mass is 10.5. The van der Waals surface area contributed by atoms with Gasteiger partial charge in [-0.3, -0.25) is 4.99 Å². The molecule has 0 amide bonds. The van der Waals surface area contributed by atoms with Crippen LogP contribution in [0.5, 0.6) is 0 Å². The van der Waals surface area contributed by atoms with Crippen molar-refractivity contribution in [3.8, 4) is 0 Å². The zero-order chi connectivity index (χ0) is 7.40. The van der Waals surface area contributed by atoms with Gasteiger partial charge < -0.3 is 0 Å². The Balaban J connectivity index is 2.55. The molecular formula is C7H9NS2. The van der Waals surface area contributed by atoms with Crippen molar-refractivity contribution < 1.29 is 0 Å². The van der Waals surface area contributed by atoms with Crippen LogP contribution in [-0.4, -0.2) is 11.6 Å². The van der Waals surface area contributed by atoms with Crippen molar-refractivity contribution in [2.45, 2.75) is 12.3 Å². The highest BCUT2D eigenvalue weighted by atomic mass is 32.1. The summed E-state index contributed by atoms with van der Waals surface area (Å²) in [4.78, 5) is 5.30. The predicted molar refractivity (Wildman–Crippen MR) is 50.4 cm³/mol. The van der Waals surface area contributed by atoms with Gasteiger partial charge in [-0.25, -0.2) is 0 Å². The second-order valence-electron chi connectivity index (χ2n) is 1.93. The highest BCUT2D eigenvalue weighted by molar-refractivity contribution is 7.80. The molecule has 0 aliphatic carbocycles. The summed E-state index contributed by atoms with van der Waals surface area (Å²) in [6.45, 7) is 1.94. The summed E-state index contributed by atoms with van der Waals surface area (Å²) in [5.41, 5.74) is 0. The van der Waals surface area contributed by atoms with Crippen molar-refractivity contribution in [1.29, 1.82) is 0 Å². The van der Waals surface area contributed by atoms with Gasteiger partial charge in [-0.05, 0) is 18.4 Å². The van der Waals surface area contributed by atoms with E-state index in [0.717, 1.165) is 0 Å². The molecule has 1 aromatic rings. The average molecular weight is 171 g/mol. The third-order valence-electron chi connectivity index (χ3n) is 0.961. The Morgan fingerprint density at radius 3 is 3.10 bits per heavy atom. The normalized spacial score (nSPS) is 14.2. The molecule has 1 aromatic heterocycles. The van der Waals surface area contributed by atoms with E-state index in [0.29, 0.717) is 0 Å². The van der Waals surface area contributed by atoms with Crippen molar-refractivity contribution in [3.63, 3.8) is 0 Å². The first-order valence-electron chi connectivity index (χ1n) is 3.04. The van der Waals surface area contributed by atoms with Crippen molar-refractivity contribution in [3.05, 3.63) is 22.4 Å². The predicted octanol–water partition coefficient (Wildman–Crippen LogP) is 2.44. The Hall–Kier alpha value is -0.280. The first-order valence-corrected chi connectivity index (χ1v) is 4.43. The Morgan fingerprint density at radius 1 is 1.80 bits per heavy atom. The monoisotopic (exact) mass is 171 g/mol. The lowest BCUT2D eigenvalue weighted by molar-refractivity contribution is 1.06. The summed E-state index contributed by atoms with van der Waals surface area (Å²) >= 11 is 5.80. The van der Waals surface area contributed by atoms with E-state index in [2.05, 4.69) is 17.6 Å². The third kappa shape index (κ3) is 2.54. The fourth-order valence-corrected chi connectivity index (χ4v) is 1.21. The second-order valence-corrected chi connectivity index (χ2v) is 3.65. The summed E-state index contributed by atoms with van der Waals surface area (Å²) in [6, 6.07) is 4.04. The highest BCUT2D eigenvalue weighted by Gasteiger charge is 1.87. The van der Waals surface area contributed by atoms with Crippen LogP contribution in [0.4, 0.5) is 0 Å². The standard InChI is InChI=1S/C7H9NS2/c1-6(9)8-5-7-3-2-4-10-7/h2-6,9H,1H3. The van der Waals surface area contributed by atoms with Gasteiger partial charge in [0.15, 0.2) is 0 Å². The molecule has 0 aromatic carbocycles. The minimum absolute atomic E-state index is 0.0992. The molecule has 1 heterocycles. The van der Waals surface area contributed by atoms with Crippen LogP contribution < -0.4 is 0 Å². The van der Waals surface area contributed by atoms with E-state index in [1.165, 1.54) is 4.88 Å². The van der Waals surface area contributed by atoms with Gasteiger partial charge in [-0.15, -0.1) is 11.3 Å². The second kappa shape index (κ2) is 3.78. The van der Waals surface area contributed by atoms with Crippen LogP contribution in [0.3, 0.4) is 0 Å². The molecule has 0 fully saturated rings. The molecule has 1 nitrogen and oxygen atoms in total.